The zero-order valence-corrected chi connectivity index (χ0v) is 16.8. The number of anilines is 1. The second-order valence-electron chi connectivity index (χ2n) is 7.07. The van der Waals surface area contributed by atoms with Crippen LogP contribution < -0.4 is 10.6 Å². The Kier molecular flexibility index (Phi) is 7.00. The first-order chi connectivity index (χ1) is 13.7. The number of nitrogens with one attached hydrogen (secondary N) is 2. The van der Waals surface area contributed by atoms with E-state index < -0.39 is 0 Å². The Morgan fingerprint density at radius 3 is 2.86 bits per heavy atom. The minimum Gasteiger partial charge on any atom is -0.460 e. The molecular formula is C20H24ClN5O3. The molecule has 0 radical (unpaired) electrons. The SMILES string of the molecule is Cl.O=C(OCC1CCCN1)c1ccc(NC(=O)N2CCc3ncncc3C2)cc1. The highest BCUT2D eigenvalue weighted by Gasteiger charge is 2.22. The number of hydrogen-bond donors (Lipinski definition) is 2. The molecule has 1 unspecified atom stereocenters. The van der Waals surface area contributed by atoms with Gasteiger partial charge in [0.15, 0.2) is 0 Å². The Balaban J connectivity index is 0.00000240. The summed E-state index contributed by atoms with van der Waals surface area (Å²) in [6.07, 6.45) is 6.15. The first kappa shape index (κ1) is 21.0. The largest absolute Gasteiger partial charge is 0.460 e. The van der Waals surface area contributed by atoms with Crippen LogP contribution in [0.3, 0.4) is 0 Å². The number of fused-ring (bicyclic) bond motifs is 1. The Labute approximate surface area is 175 Å². The summed E-state index contributed by atoms with van der Waals surface area (Å²) >= 11 is 0. The second-order valence-corrected chi connectivity index (χ2v) is 7.07. The number of carbonyl (C=O) groups excluding carboxylic acids is 2. The van der Waals surface area contributed by atoms with Crippen LogP contribution in [0.15, 0.2) is 36.8 Å². The van der Waals surface area contributed by atoms with Crippen molar-refractivity contribution in [3.8, 4) is 0 Å². The molecule has 29 heavy (non-hydrogen) atoms. The Bertz CT molecular complexity index is 855. The lowest BCUT2D eigenvalue weighted by atomic mass is 10.1. The molecule has 0 spiro atoms. The highest BCUT2D eigenvalue weighted by molar-refractivity contribution is 5.92. The molecule has 3 heterocycles. The summed E-state index contributed by atoms with van der Waals surface area (Å²) < 4.78 is 5.35. The monoisotopic (exact) mass is 417 g/mol. The molecule has 0 aliphatic carbocycles. The summed E-state index contributed by atoms with van der Waals surface area (Å²) in [5, 5.41) is 6.16. The van der Waals surface area contributed by atoms with Crippen LogP contribution in [0.2, 0.25) is 0 Å². The topological polar surface area (TPSA) is 96.5 Å². The smallest absolute Gasteiger partial charge is 0.338 e. The number of ether oxygens (including phenoxy) is 1. The standard InChI is InChI=1S/C20H23N5O3.ClH/c26-19(28-12-17-2-1-8-22-17)14-3-5-16(6-4-14)24-20(27)25-9-7-18-15(11-25)10-21-13-23-18;/h3-6,10,13,17,22H,1-2,7-9,11-12H2,(H,24,27);1H. The van der Waals surface area contributed by atoms with Crippen LogP contribution in [-0.4, -0.2) is 52.6 Å². The van der Waals surface area contributed by atoms with Gasteiger partial charge < -0.3 is 20.3 Å². The predicted molar refractivity (Wildman–Crippen MR) is 110 cm³/mol. The van der Waals surface area contributed by atoms with E-state index in [4.69, 9.17) is 4.74 Å². The van der Waals surface area contributed by atoms with Crippen molar-refractivity contribution in [3.05, 3.63) is 53.6 Å². The molecule has 1 atom stereocenters. The molecule has 1 fully saturated rings. The van der Waals surface area contributed by atoms with Crippen LogP contribution in [0.25, 0.3) is 0 Å². The van der Waals surface area contributed by atoms with Gasteiger partial charge in [0.05, 0.1) is 17.8 Å². The number of benzene rings is 1. The van der Waals surface area contributed by atoms with Crippen molar-refractivity contribution < 1.29 is 14.3 Å². The zero-order valence-electron chi connectivity index (χ0n) is 16.0. The normalized spacial score (nSPS) is 17.8. The van der Waals surface area contributed by atoms with Crippen LogP contribution in [0.1, 0.15) is 34.5 Å². The molecule has 9 heteroatoms. The Hall–Kier alpha value is -2.71. The molecule has 2 aliphatic heterocycles. The average molecular weight is 418 g/mol. The summed E-state index contributed by atoms with van der Waals surface area (Å²) in [4.78, 5) is 34.7. The van der Waals surface area contributed by atoms with Crippen LogP contribution in [0.5, 0.6) is 0 Å². The molecule has 2 amide bonds. The number of aromatic nitrogens is 2. The number of rotatable bonds is 4. The summed E-state index contributed by atoms with van der Waals surface area (Å²) in [7, 11) is 0. The van der Waals surface area contributed by atoms with Gasteiger partial charge in [-0.05, 0) is 43.7 Å². The van der Waals surface area contributed by atoms with Crippen molar-refractivity contribution in [1.82, 2.24) is 20.2 Å². The number of halogens is 1. The van der Waals surface area contributed by atoms with Crippen LogP contribution in [-0.2, 0) is 17.7 Å². The highest BCUT2D eigenvalue weighted by atomic mass is 35.5. The summed E-state index contributed by atoms with van der Waals surface area (Å²) in [6.45, 7) is 2.46. The van der Waals surface area contributed by atoms with Gasteiger partial charge in [0.1, 0.15) is 12.9 Å². The molecule has 2 N–H and O–H groups in total. The van der Waals surface area contributed by atoms with Gasteiger partial charge in [0.25, 0.3) is 0 Å². The van der Waals surface area contributed by atoms with Gasteiger partial charge in [-0.1, -0.05) is 0 Å². The molecule has 2 aromatic rings. The van der Waals surface area contributed by atoms with Gasteiger partial charge >= 0.3 is 12.0 Å². The van der Waals surface area contributed by atoms with E-state index in [-0.39, 0.29) is 30.4 Å². The third-order valence-corrected chi connectivity index (χ3v) is 5.10. The first-order valence-electron chi connectivity index (χ1n) is 9.53. The third kappa shape index (κ3) is 5.21. The molecule has 2 aliphatic rings. The maximum atomic E-state index is 12.5. The Morgan fingerprint density at radius 2 is 2.10 bits per heavy atom. The van der Waals surface area contributed by atoms with E-state index in [0.717, 1.165) is 30.6 Å². The van der Waals surface area contributed by atoms with Gasteiger partial charge in [-0.2, -0.15) is 0 Å². The van der Waals surface area contributed by atoms with Crippen LogP contribution >= 0.6 is 12.4 Å². The van der Waals surface area contributed by atoms with Gasteiger partial charge in [-0.25, -0.2) is 19.6 Å². The number of carbonyl (C=O) groups is 2. The molecule has 4 rings (SSSR count). The van der Waals surface area contributed by atoms with Crippen molar-refractivity contribution >= 4 is 30.1 Å². The molecule has 154 valence electrons. The van der Waals surface area contributed by atoms with E-state index >= 15 is 0 Å². The summed E-state index contributed by atoms with van der Waals surface area (Å²) in [5.41, 5.74) is 3.07. The number of urea groups is 1. The first-order valence-corrected chi connectivity index (χ1v) is 9.53. The lowest BCUT2D eigenvalue weighted by Gasteiger charge is -2.27. The quantitative estimate of drug-likeness (QED) is 0.741. The number of esters is 1. The third-order valence-electron chi connectivity index (χ3n) is 5.10. The number of hydrogen-bond acceptors (Lipinski definition) is 6. The maximum Gasteiger partial charge on any atom is 0.338 e. The van der Waals surface area contributed by atoms with Crippen molar-refractivity contribution in [3.63, 3.8) is 0 Å². The van der Waals surface area contributed by atoms with Gasteiger partial charge in [0, 0.05) is 36.5 Å². The fourth-order valence-electron chi connectivity index (χ4n) is 3.49. The van der Waals surface area contributed by atoms with E-state index in [1.165, 1.54) is 6.33 Å². The molecule has 0 saturated carbocycles. The molecule has 1 aromatic carbocycles. The molecular weight excluding hydrogens is 394 g/mol. The number of nitrogens with zero attached hydrogens (tertiary/aromatic N) is 3. The van der Waals surface area contributed by atoms with Gasteiger partial charge in [-0.15, -0.1) is 12.4 Å². The summed E-state index contributed by atoms with van der Waals surface area (Å²) in [6, 6.07) is 6.82. The molecule has 1 saturated heterocycles. The van der Waals surface area contributed by atoms with E-state index in [0.29, 0.717) is 37.4 Å². The average Bonchev–Trinajstić information content (AvgIpc) is 3.26. The predicted octanol–water partition coefficient (Wildman–Crippen LogP) is 2.40. The highest BCUT2D eigenvalue weighted by Crippen LogP contribution is 2.18. The second kappa shape index (κ2) is 9.67. The minimum atomic E-state index is -0.348. The summed E-state index contributed by atoms with van der Waals surface area (Å²) in [5.74, 6) is -0.348. The zero-order chi connectivity index (χ0) is 19.3. The minimum absolute atomic E-state index is 0. The number of amides is 2. The fraction of sp³-hybridized carbons (Fsp3) is 0.400. The molecule has 1 aromatic heterocycles. The van der Waals surface area contributed by atoms with Gasteiger partial charge in [0.2, 0.25) is 0 Å². The van der Waals surface area contributed by atoms with E-state index in [1.54, 1.807) is 35.4 Å². The van der Waals surface area contributed by atoms with E-state index in [2.05, 4.69) is 20.6 Å². The van der Waals surface area contributed by atoms with E-state index in [1.807, 2.05) is 0 Å². The van der Waals surface area contributed by atoms with Crippen molar-refractivity contribution in [2.24, 2.45) is 0 Å². The van der Waals surface area contributed by atoms with Crippen LogP contribution in [0, 0.1) is 0 Å². The lowest BCUT2D eigenvalue weighted by Crippen LogP contribution is -2.39. The van der Waals surface area contributed by atoms with Gasteiger partial charge in [-0.3, -0.25) is 0 Å². The van der Waals surface area contributed by atoms with Crippen LogP contribution in [0.4, 0.5) is 10.5 Å². The van der Waals surface area contributed by atoms with Crippen molar-refractivity contribution in [2.75, 3.05) is 25.0 Å². The fourth-order valence-corrected chi connectivity index (χ4v) is 3.49. The Morgan fingerprint density at radius 1 is 1.28 bits per heavy atom. The van der Waals surface area contributed by atoms with E-state index in [9.17, 15) is 9.59 Å². The van der Waals surface area contributed by atoms with Crippen molar-refractivity contribution in [2.45, 2.75) is 31.8 Å². The molecule has 8 nitrogen and oxygen atoms in total. The lowest BCUT2D eigenvalue weighted by molar-refractivity contribution is 0.0473. The maximum absolute atomic E-state index is 12.5. The molecule has 0 bridgehead atoms. The van der Waals surface area contributed by atoms with Crippen molar-refractivity contribution in [1.29, 1.82) is 0 Å².